The standard InChI is InChI=1S/C26H32N4O3S/c1-3-33-23-9-10-24-19(16-23)15-20(25(31)28-24)18-30(14-13-29-11-4-5-12-29)26(34)27-21-7-6-8-22(17-21)32-2/h6-10,15-17H,3-5,11-14,18H2,1-2H3,(H,27,34)(H,28,31). The molecule has 2 N–H and O–H groups in total. The van der Waals surface area contributed by atoms with Crippen molar-refractivity contribution in [3.8, 4) is 11.5 Å². The molecule has 1 aromatic heterocycles. The lowest BCUT2D eigenvalue weighted by Gasteiger charge is -2.28. The molecule has 2 heterocycles. The minimum Gasteiger partial charge on any atom is -0.497 e. The monoisotopic (exact) mass is 480 g/mol. The summed E-state index contributed by atoms with van der Waals surface area (Å²) >= 11 is 5.79. The second-order valence-corrected chi connectivity index (χ2v) is 8.82. The molecule has 0 bridgehead atoms. The molecule has 0 amide bonds. The normalized spacial score (nSPS) is 13.7. The highest BCUT2D eigenvalue weighted by Crippen LogP contribution is 2.21. The molecule has 7 nitrogen and oxygen atoms in total. The number of pyridine rings is 1. The van der Waals surface area contributed by atoms with Crippen LogP contribution < -0.4 is 20.3 Å². The fraction of sp³-hybridized carbons (Fsp3) is 0.385. The third-order valence-corrected chi connectivity index (χ3v) is 6.42. The van der Waals surface area contributed by atoms with Crippen LogP contribution in [0.3, 0.4) is 0 Å². The summed E-state index contributed by atoms with van der Waals surface area (Å²) in [5.41, 5.74) is 2.20. The molecule has 1 aliphatic rings. The van der Waals surface area contributed by atoms with Crippen molar-refractivity contribution in [1.82, 2.24) is 14.8 Å². The number of nitrogens with one attached hydrogen (secondary N) is 2. The van der Waals surface area contributed by atoms with Gasteiger partial charge in [-0.05, 0) is 81.5 Å². The summed E-state index contributed by atoms with van der Waals surface area (Å²) in [4.78, 5) is 20.4. The Labute approximate surface area is 205 Å². The Hall–Kier alpha value is -3.10. The minimum absolute atomic E-state index is 0.105. The van der Waals surface area contributed by atoms with E-state index in [0.29, 0.717) is 23.8 Å². The summed E-state index contributed by atoms with van der Waals surface area (Å²) in [6, 6.07) is 15.3. The smallest absolute Gasteiger partial charge is 0.253 e. The van der Waals surface area contributed by atoms with E-state index in [1.807, 2.05) is 55.5 Å². The number of benzene rings is 2. The Morgan fingerprint density at radius 3 is 2.74 bits per heavy atom. The second kappa shape index (κ2) is 11.4. The molecule has 4 rings (SSSR count). The topological polar surface area (TPSA) is 69.8 Å². The van der Waals surface area contributed by atoms with Crippen LogP contribution in [0.15, 0.2) is 53.3 Å². The zero-order valence-corrected chi connectivity index (χ0v) is 20.6. The third-order valence-electron chi connectivity index (χ3n) is 6.06. The van der Waals surface area contributed by atoms with Crippen molar-refractivity contribution in [2.24, 2.45) is 0 Å². The molecular formula is C26H32N4O3S. The van der Waals surface area contributed by atoms with Crippen LogP contribution in [0.4, 0.5) is 5.69 Å². The average Bonchev–Trinajstić information content (AvgIpc) is 3.36. The first-order valence-corrected chi connectivity index (χ1v) is 12.2. The van der Waals surface area contributed by atoms with E-state index in [1.54, 1.807) is 7.11 Å². The Kier molecular flexibility index (Phi) is 8.03. The Bertz CT molecular complexity index is 1190. The van der Waals surface area contributed by atoms with Crippen LogP contribution in [0.25, 0.3) is 10.9 Å². The zero-order valence-electron chi connectivity index (χ0n) is 19.8. The van der Waals surface area contributed by atoms with Gasteiger partial charge in [0.1, 0.15) is 11.5 Å². The number of fused-ring (bicyclic) bond motifs is 1. The Morgan fingerprint density at radius 2 is 1.97 bits per heavy atom. The summed E-state index contributed by atoms with van der Waals surface area (Å²) in [6.45, 7) is 6.81. The van der Waals surface area contributed by atoms with E-state index >= 15 is 0 Å². The number of H-pyrrole nitrogens is 1. The molecule has 3 aromatic rings. The quantitative estimate of drug-likeness (QED) is 0.444. The number of nitrogens with zero attached hydrogens (tertiary/aromatic N) is 2. The van der Waals surface area contributed by atoms with Gasteiger partial charge >= 0.3 is 0 Å². The van der Waals surface area contributed by atoms with Crippen molar-refractivity contribution in [2.75, 3.05) is 45.2 Å². The number of aromatic amines is 1. The number of hydrogen-bond donors (Lipinski definition) is 2. The lowest BCUT2D eigenvalue weighted by Crippen LogP contribution is -2.40. The van der Waals surface area contributed by atoms with Gasteiger partial charge in [0.25, 0.3) is 5.56 Å². The van der Waals surface area contributed by atoms with Crippen LogP contribution in [-0.2, 0) is 6.54 Å². The summed E-state index contributed by atoms with van der Waals surface area (Å²) in [5.74, 6) is 1.54. The first kappa shape index (κ1) is 24.0. The van der Waals surface area contributed by atoms with E-state index in [2.05, 4.69) is 20.1 Å². The van der Waals surface area contributed by atoms with Crippen LogP contribution in [0.5, 0.6) is 11.5 Å². The van der Waals surface area contributed by atoms with Crippen molar-refractivity contribution >= 4 is 33.9 Å². The van der Waals surface area contributed by atoms with Gasteiger partial charge in [-0.15, -0.1) is 0 Å². The van der Waals surface area contributed by atoms with Crippen LogP contribution >= 0.6 is 12.2 Å². The van der Waals surface area contributed by atoms with Gasteiger partial charge in [-0.2, -0.15) is 0 Å². The Morgan fingerprint density at radius 1 is 1.15 bits per heavy atom. The van der Waals surface area contributed by atoms with Gasteiger partial charge in [0.05, 0.1) is 20.3 Å². The average molecular weight is 481 g/mol. The SMILES string of the molecule is CCOc1ccc2[nH]c(=O)c(CN(CCN3CCCC3)C(=S)Nc3cccc(OC)c3)cc2c1. The molecule has 1 saturated heterocycles. The summed E-state index contributed by atoms with van der Waals surface area (Å²) in [7, 11) is 1.64. The summed E-state index contributed by atoms with van der Waals surface area (Å²) in [6.07, 6.45) is 2.47. The molecule has 0 aliphatic carbocycles. The zero-order chi connectivity index (χ0) is 23.9. The van der Waals surface area contributed by atoms with E-state index in [-0.39, 0.29) is 5.56 Å². The van der Waals surface area contributed by atoms with Crippen LogP contribution in [0.2, 0.25) is 0 Å². The number of methoxy groups -OCH3 is 1. The van der Waals surface area contributed by atoms with Crippen molar-refractivity contribution in [1.29, 1.82) is 0 Å². The highest BCUT2D eigenvalue weighted by atomic mass is 32.1. The first-order chi connectivity index (χ1) is 16.6. The lowest BCUT2D eigenvalue weighted by molar-refractivity contribution is 0.289. The predicted octanol–water partition coefficient (Wildman–Crippen LogP) is 4.23. The molecule has 0 spiro atoms. The number of ether oxygens (including phenoxy) is 2. The lowest BCUT2D eigenvalue weighted by atomic mass is 10.1. The maximum Gasteiger partial charge on any atom is 0.253 e. The number of anilines is 1. The van der Waals surface area contributed by atoms with E-state index in [0.717, 1.165) is 54.3 Å². The number of hydrogen-bond acceptors (Lipinski definition) is 5. The molecule has 2 aromatic carbocycles. The van der Waals surface area contributed by atoms with E-state index < -0.39 is 0 Å². The van der Waals surface area contributed by atoms with Gasteiger partial charge in [-0.1, -0.05) is 6.07 Å². The van der Waals surface area contributed by atoms with E-state index in [4.69, 9.17) is 21.7 Å². The van der Waals surface area contributed by atoms with Gasteiger partial charge < -0.3 is 29.6 Å². The molecular weight excluding hydrogens is 448 g/mol. The van der Waals surface area contributed by atoms with Crippen LogP contribution in [-0.4, -0.2) is 59.8 Å². The van der Waals surface area contributed by atoms with Gasteiger partial charge in [0, 0.05) is 41.3 Å². The minimum atomic E-state index is -0.105. The number of thiocarbonyl (C=S) groups is 1. The van der Waals surface area contributed by atoms with Crippen LogP contribution in [0.1, 0.15) is 25.3 Å². The third kappa shape index (κ3) is 6.07. The molecule has 0 saturated carbocycles. The molecule has 0 radical (unpaired) electrons. The van der Waals surface area contributed by atoms with Crippen molar-refractivity contribution in [3.05, 3.63) is 64.4 Å². The highest BCUT2D eigenvalue weighted by molar-refractivity contribution is 7.80. The number of aromatic nitrogens is 1. The molecule has 0 unspecified atom stereocenters. The van der Waals surface area contributed by atoms with E-state index in [1.165, 1.54) is 12.8 Å². The fourth-order valence-electron chi connectivity index (χ4n) is 4.23. The number of rotatable bonds is 9. The van der Waals surface area contributed by atoms with Gasteiger partial charge in [0.15, 0.2) is 5.11 Å². The molecule has 1 aliphatic heterocycles. The van der Waals surface area contributed by atoms with E-state index in [9.17, 15) is 4.79 Å². The van der Waals surface area contributed by atoms with Crippen molar-refractivity contribution in [3.63, 3.8) is 0 Å². The molecule has 8 heteroatoms. The summed E-state index contributed by atoms with van der Waals surface area (Å²) in [5, 5.41) is 4.84. The molecule has 180 valence electrons. The largest absolute Gasteiger partial charge is 0.497 e. The molecule has 34 heavy (non-hydrogen) atoms. The Balaban J connectivity index is 1.57. The van der Waals surface area contributed by atoms with Gasteiger partial charge in [-0.25, -0.2) is 0 Å². The van der Waals surface area contributed by atoms with Crippen molar-refractivity contribution < 1.29 is 9.47 Å². The van der Waals surface area contributed by atoms with Crippen molar-refractivity contribution in [2.45, 2.75) is 26.3 Å². The first-order valence-electron chi connectivity index (χ1n) is 11.8. The number of likely N-dealkylation sites (tertiary alicyclic amines) is 1. The molecule has 0 atom stereocenters. The maximum absolute atomic E-state index is 12.9. The molecule has 1 fully saturated rings. The fourth-order valence-corrected chi connectivity index (χ4v) is 4.51. The van der Waals surface area contributed by atoms with Gasteiger partial charge in [-0.3, -0.25) is 4.79 Å². The highest BCUT2D eigenvalue weighted by Gasteiger charge is 2.17. The maximum atomic E-state index is 12.9. The second-order valence-electron chi connectivity index (χ2n) is 8.44. The predicted molar refractivity (Wildman–Crippen MR) is 141 cm³/mol. The van der Waals surface area contributed by atoms with Gasteiger partial charge in [0.2, 0.25) is 0 Å². The van der Waals surface area contributed by atoms with Crippen LogP contribution in [0, 0.1) is 0 Å². The summed E-state index contributed by atoms with van der Waals surface area (Å²) < 4.78 is 11.0.